The zero-order chi connectivity index (χ0) is 23.5. The first-order valence-electron chi connectivity index (χ1n) is 10.9. The molecule has 0 aliphatic carbocycles. The number of carbonyl (C=O) groups excluding carboxylic acids is 1. The van der Waals surface area contributed by atoms with Gasteiger partial charge in [0.25, 0.3) is 5.91 Å². The monoisotopic (exact) mass is 454 g/mol. The smallest absolute Gasteiger partial charge is 0.269 e. The predicted octanol–water partition coefficient (Wildman–Crippen LogP) is 4.75. The first kappa shape index (κ1) is 23.8. The van der Waals surface area contributed by atoms with Gasteiger partial charge in [-0.05, 0) is 25.5 Å². The maximum absolute atomic E-state index is 12.6. The largest absolute Gasteiger partial charge is 0.483 e. The fourth-order valence-corrected chi connectivity index (χ4v) is 4.42. The molecule has 1 unspecified atom stereocenters. The minimum atomic E-state index is -1.23. The van der Waals surface area contributed by atoms with Crippen LogP contribution in [-0.4, -0.2) is 34.9 Å². The Hall–Kier alpha value is -2.84. The van der Waals surface area contributed by atoms with Gasteiger partial charge in [0.1, 0.15) is 12.8 Å². The Bertz CT molecular complexity index is 1070. The van der Waals surface area contributed by atoms with Crippen molar-refractivity contribution >= 4 is 14.0 Å². The number of nitrogens with zero attached hydrogens (tertiary/aromatic N) is 3. The zero-order valence-electron chi connectivity index (χ0n) is 19.9. The molecule has 1 aromatic carbocycles. The lowest BCUT2D eigenvalue weighted by Gasteiger charge is -2.18. The fraction of sp³-hybridized carbons (Fsp3) is 0.417. The third-order valence-corrected chi connectivity index (χ3v) is 7.15. The first-order chi connectivity index (χ1) is 15.1. The van der Waals surface area contributed by atoms with Crippen LogP contribution in [0.25, 0.3) is 11.3 Å². The summed E-state index contributed by atoms with van der Waals surface area (Å²) in [6.45, 7) is 11.7. The second-order valence-electron chi connectivity index (χ2n) is 9.37. The molecule has 1 atom stereocenters. The third-order valence-electron chi connectivity index (χ3n) is 5.44. The quantitative estimate of drug-likeness (QED) is 0.354. The molecule has 8 heteroatoms. The van der Waals surface area contributed by atoms with Crippen molar-refractivity contribution in [1.82, 2.24) is 14.3 Å². The number of hydrogen-bond acceptors (Lipinski definition) is 4. The summed E-state index contributed by atoms with van der Waals surface area (Å²) >= 11 is 0. The highest BCUT2D eigenvalue weighted by Gasteiger charge is 2.28. The van der Waals surface area contributed by atoms with E-state index in [1.165, 1.54) is 0 Å². The number of benzene rings is 1. The van der Waals surface area contributed by atoms with Crippen LogP contribution < -0.4 is 10.5 Å². The lowest BCUT2D eigenvalue weighted by atomic mass is 10.1. The normalized spacial score (nSPS) is 12.7. The van der Waals surface area contributed by atoms with Crippen LogP contribution in [0.2, 0.25) is 25.7 Å². The number of carbonyl (C=O) groups is 1. The van der Waals surface area contributed by atoms with Crippen molar-refractivity contribution in [2.45, 2.75) is 52.4 Å². The van der Waals surface area contributed by atoms with E-state index in [9.17, 15) is 4.79 Å². The Morgan fingerprint density at radius 2 is 1.91 bits per heavy atom. The van der Waals surface area contributed by atoms with Gasteiger partial charge < -0.3 is 19.8 Å². The number of primary amides is 1. The minimum Gasteiger partial charge on any atom is -0.483 e. The maximum atomic E-state index is 12.6. The molecule has 1 amide bonds. The lowest BCUT2D eigenvalue weighted by Crippen LogP contribution is -2.23. The number of aryl methyl sites for hydroxylation is 1. The molecule has 0 radical (unpaired) electrons. The highest BCUT2D eigenvalue weighted by atomic mass is 28.3. The summed E-state index contributed by atoms with van der Waals surface area (Å²) in [5.41, 5.74) is 9.74. The Morgan fingerprint density at radius 3 is 2.47 bits per heavy atom. The van der Waals surface area contributed by atoms with Gasteiger partial charge in [0, 0.05) is 39.1 Å². The molecule has 172 valence electrons. The summed E-state index contributed by atoms with van der Waals surface area (Å²) in [5.74, 6) is -0.0613. The zero-order valence-corrected chi connectivity index (χ0v) is 20.9. The van der Waals surface area contributed by atoms with Crippen molar-refractivity contribution in [2.24, 2.45) is 12.8 Å². The van der Waals surface area contributed by atoms with Crippen molar-refractivity contribution in [3.05, 3.63) is 59.5 Å². The third kappa shape index (κ3) is 5.49. The van der Waals surface area contributed by atoms with E-state index in [1.54, 1.807) is 10.9 Å². The van der Waals surface area contributed by atoms with Gasteiger partial charge in [0.15, 0.2) is 11.4 Å². The van der Waals surface area contributed by atoms with Crippen LogP contribution in [0.1, 0.15) is 34.6 Å². The predicted molar refractivity (Wildman–Crippen MR) is 129 cm³/mol. The van der Waals surface area contributed by atoms with E-state index in [4.69, 9.17) is 15.2 Å². The summed E-state index contributed by atoms with van der Waals surface area (Å²) in [6.07, 6.45) is 3.44. The molecule has 3 rings (SSSR count). The number of amides is 1. The first-order valence-corrected chi connectivity index (χ1v) is 14.6. The van der Waals surface area contributed by atoms with Crippen LogP contribution in [0.4, 0.5) is 0 Å². The molecule has 0 aliphatic rings. The van der Waals surface area contributed by atoms with Gasteiger partial charge in [0.05, 0.1) is 11.9 Å². The average molecular weight is 455 g/mol. The maximum Gasteiger partial charge on any atom is 0.269 e. The van der Waals surface area contributed by atoms with Gasteiger partial charge in [0.2, 0.25) is 0 Å². The van der Waals surface area contributed by atoms with Crippen molar-refractivity contribution < 1.29 is 14.3 Å². The highest BCUT2D eigenvalue weighted by molar-refractivity contribution is 6.76. The number of ether oxygens (including phenoxy) is 2. The van der Waals surface area contributed by atoms with Crippen LogP contribution in [-0.2, 0) is 18.5 Å². The van der Waals surface area contributed by atoms with Crippen LogP contribution in [0.15, 0.2) is 42.7 Å². The summed E-state index contributed by atoms with van der Waals surface area (Å²) in [5, 5.41) is 4.31. The Labute approximate surface area is 191 Å². The summed E-state index contributed by atoms with van der Waals surface area (Å²) in [7, 11) is 0.628. The van der Waals surface area contributed by atoms with Crippen molar-refractivity contribution in [3.63, 3.8) is 0 Å². The Balaban J connectivity index is 2.02. The van der Waals surface area contributed by atoms with Gasteiger partial charge in [-0.15, -0.1) is 0 Å². The Kier molecular flexibility index (Phi) is 7.25. The minimum absolute atomic E-state index is 0.219. The summed E-state index contributed by atoms with van der Waals surface area (Å²) in [6, 6.07) is 10.9. The standard InChI is InChI=1S/C24H34N4O3Si/c1-17-21(20-14-26-27(3)15-20)28(16-30-12-13-32(4,5)6)22(24(25)29)23(17)31-18(2)19-10-8-7-9-11-19/h7-11,14-15,18H,12-13,16H2,1-6H3,(H2,25,29). The summed E-state index contributed by atoms with van der Waals surface area (Å²) in [4.78, 5) is 12.6. The average Bonchev–Trinajstić information content (AvgIpc) is 3.26. The molecule has 0 saturated carbocycles. The fourth-order valence-electron chi connectivity index (χ4n) is 3.66. The number of hydrogen-bond donors (Lipinski definition) is 1. The lowest BCUT2D eigenvalue weighted by molar-refractivity contribution is 0.0807. The topological polar surface area (TPSA) is 84.3 Å². The van der Waals surface area contributed by atoms with Gasteiger partial charge in [-0.3, -0.25) is 9.48 Å². The highest BCUT2D eigenvalue weighted by Crippen LogP contribution is 2.38. The van der Waals surface area contributed by atoms with E-state index in [1.807, 2.05) is 62.0 Å². The van der Waals surface area contributed by atoms with Gasteiger partial charge >= 0.3 is 0 Å². The van der Waals surface area contributed by atoms with Crippen LogP contribution in [0, 0.1) is 6.92 Å². The van der Waals surface area contributed by atoms with Crippen LogP contribution in [0.5, 0.6) is 5.75 Å². The van der Waals surface area contributed by atoms with E-state index < -0.39 is 14.0 Å². The van der Waals surface area contributed by atoms with Gasteiger partial charge in [-0.1, -0.05) is 50.0 Å². The summed E-state index contributed by atoms with van der Waals surface area (Å²) < 4.78 is 15.9. The molecule has 2 heterocycles. The molecule has 0 saturated heterocycles. The van der Waals surface area contributed by atoms with Crippen molar-refractivity contribution in [2.75, 3.05) is 6.61 Å². The van der Waals surface area contributed by atoms with Crippen LogP contribution in [0.3, 0.4) is 0 Å². The molecule has 0 fully saturated rings. The SMILES string of the molecule is Cc1c(OC(C)c2ccccc2)c(C(N)=O)n(COCC[Si](C)(C)C)c1-c1cnn(C)c1. The van der Waals surface area contributed by atoms with Crippen LogP contribution >= 0.6 is 0 Å². The van der Waals surface area contributed by atoms with Gasteiger partial charge in [-0.25, -0.2) is 0 Å². The Morgan fingerprint density at radius 1 is 1.22 bits per heavy atom. The van der Waals surface area contributed by atoms with E-state index in [2.05, 4.69) is 24.7 Å². The second kappa shape index (κ2) is 9.75. The van der Waals surface area contributed by atoms with Gasteiger partial charge in [-0.2, -0.15) is 5.10 Å². The molecule has 0 bridgehead atoms. The molecule has 2 aromatic heterocycles. The molecular weight excluding hydrogens is 420 g/mol. The molecule has 7 nitrogen and oxygen atoms in total. The second-order valence-corrected chi connectivity index (χ2v) is 15.0. The molecule has 3 aromatic rings. The molecule has 32 heavy (non-hydrogen) atoms. The number of aromatic nitrogens is 3. The van der Waals surface area contributed by atoms with E-state index in [0.29, 0.717) is 18.1 Å². The van der Waals surface area contributed by atoms with E-state index in [-0.39, 0.29) is 12.8 Å². The molecule has 0 aliphatic heterocycles. The van der Waals surface area contributed by atoms with Crippen molar-refractivity contribution in [1.29, 1.82) is 0 Å². The number of rotatable bonds is 10. The van der Waals surface area contributed by atoms with E-state index >= 15 is 0 Å². The molecular formula is C24H34N4O3Si. The van der Waals surface area contributed by atoms with E-state index in [0.717, 1.165) is 28.4 Å². The molecule has 2 N–H and O–H groups in total. The molecule has 0 spiro atoms. The number of nitrogens with two attached hydrogens (primary N) is 1. The van der Waals surface area contributed by atoms with Crippen molar-refractivity contribution in [3.8, 4) is 17.0 Å².